The van der Waals surface area contributed by atoms with Gasteiger partial charge in [0.2, 0.25) is 23.6 Å². The molecule has 0 aliphatic carbocycles. The summed E-state index contributed by atoms with van der Waals surface area (Å²) in [5.74, 6) is -6.94. The largest absolute Gasteiger partial charge is 0.481 e. The second-order valence-corrected chi connectivity index (χ2v) is 28.3. The summed E-state index contributed by atoms with van der Waals surface area (Å²) in [7, 11) is 1.61. The molecular weight excluding hydrogens is 1380 g/mol. The number of esters is 3. The van der Waals surface area contributed by atoms with Crippen LogP contribution < -0.4 is 16.0 Å². The van der Waals surface area contributed by atoms with E-state index in [9.17, 15) is 53.1 Å². The second-order valence-electron chi connectivity index (χ2n) is 27.8. The fourth-order valence-corrected chi connectivity index (χ4v) is 11.3. The van der Waals surface area contributed by atoms with E-state index in [-0.39, 0.29) is 145 Å². The predicted octanol–water partition coefficient (Wildman–Crippen LogP) is 7.78. The second kappa shape index (κ2) is 47.2. The third kappa shape index (κ3) is 33.9. The van der Waals surface area contributed by atoms with Crippen LogP contribution in [0, 0.1) is 36.0 Å². The number of amides is 4. The van der Waals surface area contributed by atoms with Crippen LogP contribution in [0.15, 0.2) is 78.9 Å². The number of aliphatic carboxylic acids is 1. The number of carboxylic acid groups (broad SMARTS) is 1. The number of ether oxygens (including phenoxy) is 11. The Morgan fingerprint density at radius 1 is 0.705 bits per heavy atom. The zero-order chi connectivity index (χ0) is 76.8. The van der Waals surface area contributed by atoms with Crippen molar-refractivity contribution in [2.45, 2.75) is 170 Å². The molecular formula is C78H111ClN4O22. The molecule has 26 nitrogen and oxygen atoms in total. The van der Waals surface area contributed by atoms with Crippen LogP contribution in [-0.4, -0.2) is 212 Å². The number of rotatable bonds is 47. The average molecular weight is 1490 g/mol. The van der Waals surface area contributed by atoms with Gasteiger partial charge in [0.1, 0.15) is 30.6 Å². The van der Waals surface area contributed by atoms with E-state index in [2.05, 4.69) is 16.0 Å². The van der Waals surface area contributed by atoms with E-state index in [4.69, 9.17) is 63.7 Å². The van der Waals surface area contributed by atoms with E-state index in [0.29, 0.717) is 88.6 Å². The number of nitrogens with one attached hydrogen (secondary N) is 3. The Balaban J connectivity index is 1.01. The SMILES string of the molecule is COCCOCCOCCOCCOCCOCCOCCC(=O)N(CCC(=O)O)CCC(=O)C[C@H](C(=O)N[C@@H](C)C(=O)Cc1ccc(COC(=O)CCc2ccc([C@H]3O[C@@H]3[C@@H](C)[C@@H]3C/C=C/C(=O)N[C@H](Cc4ccc(C)c(Cl)c4)C(=O)NCC(C)(C)C(=O)O[C@@H](CC(C)C)C(=O)O3)cc2)cc1)C(C)C. The summed E-state index contributed by atoms with van der Waals surface area (Å²) in [6, 6.07) is 18.1. The van der Waals surface area contributed by atoms with Crippen molar-refractivity contribution in [2.75, 3.05) is 113 Å². The van der Waals surface area contributed by atoms with Crippen molar-refractivity contribution in [1.82, 2.24) is 20.9 Å². The Morgan fingerprint density at radius 2 is 1.28 bits per heavy atom. The third-order valence-corrected chi connectivity index (χ3v) is 18.2. The number of carbonyl (C=O) groups excluding carboxylic acids is 9. The van der Waals surface area contributed by atoms with E-state index in [1.807, 2.05) is 64.1 Å². The minimum Gasteiger partial charge on any atom is -0.481 e. The Bertz CT molecular complexity index is 3270. The van der Waals surface area contributed by atoms with E-state index < -0.39 is 83.1 Å². The number of carbonyl (C=O) groups is 10. The standard InChI is InChI=1S/C78H111ClN4O22/c1-51(2)44-67-76(93)103-66(12-11-13-68(86)82-64(46-59-15-14-53(5)63(79)45-59)75(92)80-50-78(8,9)77(94)104-67)54(6)72-73(105-72)60-23-20-56(21-24-60)22-25-71(90)102-49-58-18-16-57(17-19-58)47-65(85)55(7)81-74(91)62(52(3)4)48-61(84)26-29-83(30-27-70(88)89)69(87)28-31-96-34-35-98-38-39-100-42-43-101-41-40-99-37-36-97-33-32-95-10/h11,13-21,23-24,45,51-52,54-55,62,64,66-67,72-73H,12,22,25-44,46-50H2,1-10H3,(H,80,92)(H,81,91)(H,82,86)(H,88,89)/b13-11+/t54-,55-,62-,64+,66-,67-,72+,73+/m0/s1. The van der Waals surface area contributed by atoms with Crippen LogP contribution in [0.2, 0.25) is 5.02 Å². The highest BCUT2D eigenvalue weighted by Gasteiger charge is 2.48. The Hall–Kier alpha value is -7.53. The van der Waals surface area contributed by atoms with Crippen LogP contribution in [0.1, 0.15) is 140 Å². The van der Waals surface area contributed by atoms with Gasteiger partial charge >= 0.3 is 23.9 Å². The molecule has 1 fully saturated rings. The molecule has 0 radical (unpaired) electrons. The molecule has 2 aliphatic heterocycles. The Labute approximate surface area is 622 Å². The van der Waals surface area contributed by atoms with Crippen molar-refractivity contribution in [1.29, 1.82) is 0 Å². The summed E-state index contributed by atoms with van der Waals surface area (Å²) in [5.41, 5.74) is 3.43. The summed E-state index contributed by atoms with van der Waals surface area (Å²) in [4.78, 5) is 134. The van der Waals surface area contributed by atoms with Gasteiger partial charge in [0.15, 0.2) is 11.9 Å². The molecule has 3 aromatic rings. The third-order valence-electron chi connectivity index (χ3n) is 17.8. The molecule has 1 saturated heterocycles. The molecule has 8 atom stereocenters. The smallest absolute Gasteiger partial charge is 0.347 e. The van der Waals surface area contributed by atoms with Gasteiger partial charge in [0.25, 0.3) is 0 Å². The van der Waals surface area contributed by atoms with Crippen LogP contribution in [0.5, 0.6) is 0 Å². The monoisotopic (exact) mass is 1490 g/mol. The number of nitrogens with zero attached hydrogens (tertiary/aromatic N) is 1. The van der Waals surface area contributed by atoms with Crippen molar-refractivity contribution in [3.05, 3.63) is 117 Å². The first-order valence-corrected chi connectivity index (χ1v) is 36.7. The number of benzene rings is 3. The van der Waals surface area contributed by atoms with Gasteiger partial charge < -0.3 is 78.1 Å². The molecule has 0 saturated carbocycles. The normalized spacial score (nSPS) is 19.0. The predicted molar refractivity (Wildman–Crippen MR) is 388 cm³/mol. The number of halogens is 1. The zero-order valence-electron chi connectivity index (χ0n) is 62.7. The van der Waals surface area contributed by atoms with Crippen molar-refractivity contribution in [3.8, 4) is 0 Å². The van der Waals surface area contributed by atoms with E-state index in [1.165, 1.54) is 11.0 Å². The van der Waals surface area contributed by atoms with Crippen molar-refractivity contribution in [3.63, 3.8) is 0 Å². The molecule has 0 unspecified atom stereocenters. The lowest BCUT2D eigenvalue weighted by molar-refractivity contribution is -0.179. The van der Waals surface area contributed by atoms with Crippen LogP contribution in [0.3, 0.4) is 0 Å². The van der Waals surface area contributed by atoms with Gasteiger partial charge in [-0.05, 0) is 97.9 Å². The summed E-state index contributed by atoms with van der Waals surface area (Å²) in [6.45, 7) is 20.6. The number of methoxy groups -OCH3 is 1. The average Bonchev–Trinajstić information content (AvgIpc) is 1.63. The van der Waals surface area contributed by atoms with Crippen molar-refractivity contribution < 1.29 is 105 Å². The fourth-order valence-electron chi connectivity index (χ4n) is 11.1. The highest BCUT2D eigenvalue weighted by molar-refractivity contribution is 6.31. The van der Waals surface area contributed by atoms with Crippen LogP contribution >= 0.6 is 11.6 Å². The molecule has 5 rings (SSSR count). The summed E-state index contributed by atoms with van der Waals surface area (Å²) >= 11 is 6.41. The molecule has 0 spiro atoms. The number of epoxide rings is 1. The van der Waals surface area contributed by atoms with Crippen molar-refractivity contribution in [2.24, 2.45) is 29.1 Å². The summed E-state index contributed by atoms with van der Waals surface area (Å²) in [5, 5.41) is 18.2. The lowest BCUT2D eigenvalue weighted by Gasteiger charge is -2.29. The molecule has 582 valence electrons. The van der Waals surface area contributed by atoms with Gasteiger partial charge in [-0.15, -0.1) is 0 Å². The molecule has 4 N–H and O–H groups in total. The molecule has 105 heavy (non-hydrogen) atoms. The van der Waals surface area contributed by atoms with Crippen LogP contribution in [0.25, 0.3) is 0 Å². The van der Waals surface area contributed by atoms with Gasteiger partial charge in [-0.1, -0.05) is 113 Å². The summed E-state index contributed by atoms with van der Waals surface area (Å²) in [6.07, 6.45) is 0.381. The fraction of sp³-hybridized carbons (Fsp3) is 0.615. The highest BCUT2D eigenvalue weighted by atomic mass is 35.5. The minimum atomic E-state index is -1.27. The molecule has 27 heteroatoms. The first-order valence-electron chi connectivity index (χ1n) is 36.3. The number of hydrogen-bond acceptors (Lipinski definition) is 21. The van der Waals surface area contributed by atoms with Gasteiger partial charge in [-0.2, -0.15) is 0 Å². The molecule has 2 aliphatic rings. The van der Waals surface area contributed by atoms with Crippen LogP contribution in [0.4, 0.5) is 0 Å². The molecule has 3 aromatic carbocycles. The zero-order valence-corrected chi connectivity index (χ0v) is 63.5. The summed E-state index contributed by atoms with van der Waals surface area (Å²) < 4.78 is 61.5. The van der Waals surface area contributed by atoms with E-state index in [1.54, 1.807) is 78.1 Å². The molecule has 0 bridgehead atoms. The number of hydrogen-bond donors (Lipinski definition) is 4. The van der Waals surface area contributed by atoms with E-state index >= 15 is 0 Å². The molecule has 4 amide bonds. The topological polar surface area (TPSA) is 335 Å². The minimum absolute atomic E-state index is 0.000217. The Morgan fingerprint density at radius 3 is 1.86 bits per heavy atom. The number of Topliss-reactive ketones (excluding diaryl/α,β-unsaturated/α-hetero) is 2. The van der Waals surface area contributed by atoms with Gasteiger partial charge in [-0.3, -0.25) is 43.2 Å². The maximum atomic E-state index is 14.0. The van der Waals surface area contributed by atoms with Gasteiger partial charge in [0.05, 0.1) is 116 Å². The highest BCUT2D eigenvalue weighted by Crippen LogP contribution is 2.45. The number of carboxylic acids is 1. The van der Waals surface area contributed by atoms with Gasteiger partial charge in [-0.25, -0.2) is 4.79 Å². The number of aryl methyl sites for hydroxylation is 2. The maximum Gasteiger partial charge on any atom is 0.347 e. The van der Waals surface area contributed by atoms with Crippen molar-refractivity contribution >= 4 is 70.7 Å². The quantitative estimate of drug-likeness (QED) is 0.0181. The number of ketones is 2. The molecule has 2 heterocycles. The maximum absolute atomic E-state index is 14.0. The first-order chi connectivity index (χ1) is 50.1. The first kappa shape index (κ1) is 88.1. The van der Waals surface area contributed by atoms with Gasteiger partial charge in [0, 0.05) is 82.1 Å². The Kier molecular flexibility index (Phi) is 39.6. The van der Waals surface area contributed by atoms with Crippen LogP contribution in [-0.2, 0) is 126 Å². The number of cyclic esters (lactones) is 2. The lowest BCUT2D eigenvalue weighted by atomic mass is 9.88. The lowest BCUT2D eigenvalue weighted by Crippen LogP contribution is -2.51. The van der Waals surface area contributed by atoms with E-state index in [0.717, 1.165) is 22.3 Å². The molecule has 0 aromatic heterocycles.